The molecule has 0 aromatic rings. The van der Waals surface area contributed by atoms with Gasteiger partial charge in [-0.05, 0) is 67.7 Å². The van der Waals surface area contributed by atoms with Crippen LogP contribution in [0, 0.1) is 32.3 Å². The third kappa shape index (κ3) is 3.03. The van der Waals surface area contributed by atoms with Gasteiger partial charge in [-0.15, -0.1) is 10.1 Å². The molecule has 122 valence electrons. The van der Waals surface area contributed by atoms with E-state index < -0.39 is 5.09 Å². The van der Waals surface area contributed by atoms with Gasteiger partial charge in [0.1, 0.15) is 6.10 Å². The van der Waals surface area contributed by atoms with Crippen LogP contribution in [0.4, 0.5) is 0 Å². The van der Waals surface area contributed by atoms with Gasteiger partial charge in [0.25, 0.3) is 5.09 Å². The summed E-state index contributed by atoms with van der Waals surface area (Å²) >= 11 is 0. The summed E-state index contributed by atoms with van der Waals surface area (Å²) in [5.74, 6) is 0.596. The SMILES string of the molecule is CCC12CC(C)CC(C(C)O[N+](=O)[O-])(CC(C)(CN)C1)C2. The first kappa shape index (κ1) is 16.5. The number of fused-ring (bicyclic) bond motifs is 2. The van der Waals surface area contributed by atoms with Gasteiger partial charge in [-0.3, -0.25) is 0 Å². The minimum Gasteiger partial charge on any atom is -0.330 e. The maximum absolute atomic E-state index is 10.8. The topological polar surface area (TPSA) is 78.4 Å². The van der Waals surface area contributed by atoms with Gasteiger partial charge in [-0.25, -0.2) is 0 Å². The molecule has 2 aliphatic rings. The number of hydrogen-bond donors (Lipinski definition) is 1. The monoisotopic (exact) mass is 298 g/mol. The van der Waals surface area contributed by atoms with Crippen LogP contribution in [0.1, 0.15) is 66.2 Å². The molecule has 21 heavy (non-hydrogen) atoms. The predicted octanol–water partition coefficient (Wildman–Crippen LogP) is 3.54. The van der Waals surface area contributed by atoms with Gasteiger partial charge >= 0.3 is 0 Å². The average molecular weight is 298 g/mol. The fourth-order valence-electron chi connectivity index (χ4n) is 5.72. The van der Waals surface area contributed by atoms with Crippen LogP contribution in [0.2, 0.25) is 0 Å². The zero-order chi connectivity index (χ0) is 15.9. The molecule has 0 aliphatic heterocycles. The molecule has 2 saturated carbocycles. The first-order chi connectivity index (χ1) is 9.68. The summed E-state index contributed by atoms with van der Waals surface area (Å²) in [5, 5.41) is 10.2. The van der Waals surface area contributed by atoms with Gasteiger partial charge in [0.15, 0.2) is 0 Å². The molecule has 0 heterocycles. The molecule has 2 aliphatic carbocycles. The van der Waals surface area contributed by atoms with E-state index in [9.17, 15) is 10.1 Å². The lowest BCUT2D eigenvalue weighted by molar-refractivity contribution is -0.772. The Kier molecular flexibility index (Phi) is 4.26. The van der Waals surface area contributed by atoms with Crippen LogP contribution in [-0.4, -0.2) is 17.7 Å². The molecule has 5 atom stereocenters. The number of hydrogen-bond acceptors (Lipinski definition) is 4. The standard InChI is InChI=1S/C16H30N2O3/c1-5-15-6-12(2)7-16(10-15,13(3)21-18(19)20)9-14(4,8-15)11-17/h12-13H,5-11,17H2,1-4H3. The fourth-order valence-corrected chi connectivity index (χ4v) is 5.72. The number of rotatable bonds is 5. The molecule has 0 radical (unpaired) electrons. The van der Waals surface area contributed by atoms with Crippen LogP contribution in [0.5, 0.6) is 0 Å². The van der Waals surface area contributed by atoms with E-state index in [-0.39, 0.29) is 22.3 Å². The van der Waals surface area contributed by atoms with Crippen molar-refractivity contribution in [3.8, 4) is 0 Å². The molecule has 2 fully saturated rings. The largest absolute Gasteiger partial charge is 0.330 e. The highest BCUT2D eigenvalue weighted by Crippen LogP contribution is 2.64. The zero-order valence-electron chi connectivity index (χ0n) is 13.9. The van der Waals surface area contributed by atoms with E-state index in [1.165, 1.54) is 6.42 Å². The van der Waals surface area contributed by atoms with Crippen LogP contribution in [-0.2, 0) is 4.84 Å². The van der Waals surface area contributed by atoms with Crippen molar-refractivity contribution in [2.75, 3.05) is 6.54 Å². The van der Waals surface area contributed by atoms with Gasteiger partial charge < -0.3 is 10.6 Å². The minimum absolute atomic E-state index is 0.0720. The molecule has 2 bridgehead atoms. The Morgan fingerprint density at radius 3 is 2.57 bits per heavy atom. The van der Waals surface area contributed by atoms with Crippen molar-refractivity contribution in [3.05, 3.63) is 10.1 Å². The maximum atomic E-state index is 10.8. The molecule has 5 heteroatoms. The smallest absolute Gasteiger partial charge is 0.294 e. The lowest BCUT2D eigenvalue weighted by Gasteiger charge is -2.61. The first-order valence-electron chi connectivity index (χ1n) is 8.19. The van der Waals surface area contributed by atoms with E-state index in [1.807, 2.05) is 6.92 Å². The van der Waals surface area contributed by atoms with Crippen molar-refractivity contribution >= 4 is 0 Å². The maximum Gasteiger partial charge on any atom is 0.294 e. The Balaban J connectivity index is 2.38. The Hall–Kier alpha value is -0.840. The normalized spacial score (nSPS) is 44.1. The summed E-state index contributed by atoms with van der Waals surface area (Å²) in [6, 6.07) is 0. The summed E-state index contributed by atoms with van der Waals surface area (Å²) in [6.45, 7) is 9.31. The molecule has 0 saturated heterocycles. The van der Waals surface area contributed by atoms with E-state index in [0.717, 1.165) is 32.1 Å². The summed E-state index contributed by atoms with van der Waals surface area (Å²) in [7, 11) is 0. The van der Waals surface area contributed by atoms with E-state index >= 15 is 0 Å². The Morgan fingerprint density at radius 2 is 2.05 bits per heavy atom. The first-order valence-corrected chi connectivity index (χ1v) is 8.19. The summed E-state index contributed by atoms with van der Waals surface area (Å²) < 4.78 is 0. The molecular formula is C16H30N2O3. The summed E-state index contributed by atoms with van der Waals surface area (Å²) in [6.07, 6.45) is 6.13. The third-order valence-corrected chi connectivity index (χ3v) is 6.19. The van der Waals surface area contributed by atoms with Crippen LogP contribution < -0.4 is 5.73 Å². The molecule has 0 spiro atoms. The molecule has 0 aromatic carbocycles. The molecular weight excluding hydrogens is 268 g/mol. The van der Waals surface area contributed by atoms with E-state index in [4.69, 9.17) is 10.6 Å². The van der Waals surface area contributed by atoms with Gasteiger partial charge in [0.2, 0.25) is 0 Å². The highest BCUT2D eigenvalue weighted by molar-refractivity contribution is 5.07. The number of nitrogens with two attached hydrogens (primary N) is 1. The van der Waals surface area contributed by atoms with Crippen molar-refractivity contribution < 1.29 is 9.92 Å². The lowest BCUT2D eigenvalue weighted by Crippen LogP contribution is -2.56. The number of nitrogens with zero attached hydrogens (tertiary/aromatic N) is 1. The van der Waals surface area contributed by atoms with Crippen molar-refractivity contribution in [2.45, 2.75) is 72.3 Å². The van der Waals surface area contributed by atoms with Gasteiger partial charge in [-0.2, -0.15) is 0 Å². The third-order valence-electron chi connectivity index (χ3n) is 6.19. The summed E-state index contributed by atoms with van der Waals surface area (Å²) in [5.41, 5.74) is 6.32. The van der Waals surface area contributed by atoms with Crippen molar-refractivity contribution in [2.24, 2.45) is 27.9 Å². The second kappa shape index (κ2) is 5.41. The van der Waals surface area contributed by atoms with Crippen LogP contribution in [0.15, 0.2) is 0 Å². The van der Waals surface area contributed by atoms with Crippen molar-refractivity contribution in [1.82, 2.24) is 0 Å². The Labute approximate surface area is 127 Å². The molecule has 2 rings (SSSR count). The lowest BCUT2D eigenvalue weighted by atomic mass is 9.45. The Morgan fingerprint density at radius 1 is 1.38 bits per heavy atom. The molecule has 5 unspecified atom stereocenters. The predicted molar refractivity (Wildman–Crippen MR) is 82.1 cm³/mol. The zero-order valence-corrected chi connectivity index (χ0v) is 13.9. The minimum atomic E-state index is -0.624. The summed E-state index contributed by atoms with van der Waals surface area (Å²) in [4.78, 5) is 15.9. The second-order valence-corrected chi connectivity index (χ2v) is 8.25. The second-order valence-electron chi connectivity index (χ2n) is 8.25. The average Bonchev–Trinajstić information content (AvgIpc) is 2.36. The quantitative estimate of drug-likeness (QED) is 0.622. The van der Waals surface area contributed by atoms with Crippen molar-refractivity contribution in [3.63, 3.8) is 0 Å². The highest BCUT2D eigenvalue weighted by Gasteiger charge is 2.57. The molecule has 0 amide bonds. The van der Waals surface area contributed by atoms with Crippen LogP contribution in [0.25, 0.3) is 0 Å². The van der Waals surface area contributed by atoms with Crippen molar-refractivity contribution in [1.29, 1.82) is 0 Å². The molecule has 5 nitrogen and oxygen atoms in total. The van der Waals surface area contributed by atoms with Gasteiger partial charge in [0, 0.05) is 0 Å². The Bertz CT molecular complexity index is 412. The van der Waals surface area contributed by atoms with Gasteiger partial charge in [-0.1, -0.05) is 27.2 Å². The molecule has 0 aromatic heterocycles. The van der Waals surface area contributed by atoms with Crippen LogP contribution in [0.3, 0.4) is 0 Å². The highest BCUT2D eigenvalue weighted by atomic mass is 17.0. The van der Waals surface area contributed by atoms with E-state index in [0.29, 0.717) is 12.5 Å². The fraction of sp³-hybridized carbons (Fsp3) is 1.00. The van der Waals surface area contributed by atoms with Gasteiger partial charge in [0.05, 0.1) is 0 Å². The molecule has 2 N–H and O–H groups in total. The van der Waals surface area contributed by atoms with E-state index in [2.05, 4.69) is 20.8 Å². The van der Waals surface area contributed by atoms with Crippen LogP contribution >= 0.6 is 0 Å². The van der Waals surface area contributed by atoms with E-state index in [1.54, 1.807) is 0 Å².